The van der Waals surface area contributed by atoms with Crippen LogP contribution in [0.15, 0.2) is 24.4 Å². The molecule has 2 aliphatic heterocycles. The van der Waals surface area contributed by atoms with Crippen LogP contribution in [0.2, 0.25) is 0 Å². The molecule has 1 aromatic heterocycles. The number of hydrogen-bond acceptors (Lipinski definition) is 4. The maximum Gasteiger partial charge on any atom is 0.104 e. The van der Waals surface area contributed by atoms with Crippen LogP contribution in [0.25, 0.3) is 0 Å². The Kier molecular flexibility index (Phi) is 4.95. The lowest BCUT2D eigenvalue weighted by molar-refractivity contribution is 0.172. The van der Waals surface area contributed by atoms with Crippen LogP contribution in [0, 0.1) is 0 Å². The predicted octanol–water partition coefficient (Wildman–Crippen LogP) is 3.98. The van der Waals surface area contributed by atoms with Gasteiger partial charge in [-0.15, -0.1) is 23.5 Å². The first-order valence-electron chi connectivity index (χ1n) is 7.70. The number of pyridine rings is 1. The number of likely N-dealkylation sites (tertiary alicyclic amines) is 1. The van der Waals surface area contributed by atoms with E-state index in [1.165, 1.54) is 55.8 Å². The maximum atomic E-state index is 4.70. The fraction of sp³-hybridized carbons (Fsp3) is 0.688. The second-order valence-corrected chi connectivity index (χ2v) is 8.90. The van der Waals surface area contributed by atoms with Gasteiger partial charge in [0.25, 0.3) is 0 Å². The Balaban J connectivity index is 1.82. The molecular weight excluding hydrogens is 284 g/mol. The second kappa shape index (κ2) is 6.71. The molecule has 2 saturated heterocycles. The van der Waals surface area contributed by atoms with Crippen molar-refractivity contribution in [2.24, 2.45) is 0 Å². The van der Waals surface area contributed by atoms with Crippen molar-refractivity contribution in [3.05, 3.63) is 30.1 Å². The van der Waals surface area contributed by atoms with Crippen LogP contribution in [-0.2, 0) is 4.08 Å². The molecular formula is C16H24N2S2. The Bertz CT molecular complexity index is 418. The summed E-state index contributed by atoms with van der Waals surface area (Å²) in [5, 5.41) is 0. The van der Waals surface area contributed by atoms with Gasteiger partial charge in [0, 0.05) is 12.2 Å². The summed E-state index contributed by atoms with van der Waals surface area (Å²) < 4.78 is 0.190. The molecule has 1 unspecified atom stereocenters. The zero-order valence-electron chi connectivity index (χ0n) is 12.3. The summed E-state index contributed by atoms with van der Waals surface area (Å²) in [4.78, 5) is 7.28. The lowest BCUT2D eigenvalue weighted by Crippen LogP contribution is -2.41. The molecule has 110 valence electrons. The van der Waals surface area contributed by atoms with E-state index in [2.05, 4.69) is 47.6 Å². The van der Waals surface area contributed by atoms with E-state index in [1.54, 1.807) is 0 Å². The first kappa shape index (κ1) is 14.7. The summed E-state index contributed by atoms with van der Waals surface area (Å²) in [5.41, 5.74) is 1.29. The highest BCUT2D eigenvalue weighted by Gasteiger charge is 2.40. The molecule has 0 saturated carbocycles. The van der Waals surface area contributed by atoms with Gasteiger partial charge in [0.15, 0.2) is 0 Å². The van der Waals surface area contributed by atoms with Crippen LogP contribution in [0.3, 0.4) is 0 Å². The summed E-state index contributed by atoms with van der Waals surface area (Å²) in [6.45, 7) is 1.26. The minimum atomic E-state index is 0.190. The number of piperidine rings is 1. The number of nitrogens with zero attached hydrogens (tertiary/aromatic N) is 2. The first-order valence-corrected chi connectivity index (χ1v) is 9.67. The summed E-state index contributed by atoms with van der Waals surface area (Å²) in [6, 6.07) is 7.13. The molecule has 3 heterocycles. The van der Waals surface area contributed by atoms with Gasteiger partial charge in [0.1, 0.15) is 4.08 Å². The number of aromatic nitrogens is 1. The third kappa shape index (κ3) is 3.18. The zero-order valence-corrected chi connectivity index (χ0v) is 13.9. The fourth-order valence-corrected chi connectivity index (χ4v) is 6.66. The largest absolute Gasteiger partial charge is 0.303 e. The molecule has 2 fully saturated rings. The van der Waals surface area contributed by atoms with E-state index in [9.17, 15) is 0 Å². The summed E-state index contributed by atoms with van der Waals surface area (Å²) in [7, 11) is 2.30. The lowest BCUT2D eigenvalue weighted by Gasteiger charge is -2.42. The van der Waals surface area contributed by atoms with Crippen LogP contribution >= 0.6 is 23.5 Å². The van der Waals surface area contributed by atoms with Crippen molar-refractivity contribution in [2.45, 2.75) is 42.2 Å². The van der Waals surface area contributed by atoms with E-state index < -0.39 is 0 Å². The molecule has 2 aliphatic rings. The number of thioether (sulfide) groups is 2. The average Bonchev–Trinajstić information content (AvgIpc) is 2.52. The molecule has 0 N–H and O–H groups in total. The molecule has 1 aromatic rings. The van der Waals surface area contributed by atoms with Gasteiger partial charge in [0.2, 0.25) is 0 Å². The summed E-state index contributed by atoms with van der Waals surface area (Å²) in [5.74, 6) is 2.56. The van der Waals surface area contributed by atoms with Gasteiger partial charge in [-0.05, 0) is 62.9 Å². The highest BCUT2D eigenvalue weighted by atomic mass is 32.2. The molecule has 20 heavy (non-hydrogen) atoms. The molecule has 0 aromatic carbocycles. The molecule has 3 rings (SSSR count). The predicted molar refractivity (Wildman–Crippen MR) is 90.3 cm³/mol. The third-order valence-corrected chi connectivity index (χ3v) is 7.82. The van der Waals surface area contributed by atoms with Crippen molar-refractivity contribution in [1.29, 1.82) is 0 Å². The van der Waals surface area contributed by atoms with Crippen LogP contribution in [0.4, 0.5) is 0 Å². The minimum absolute atomic E-state index is 0.190. The Morgan fingerprint density at radius 3 is 2.80 bits per heavy atom. The van der Waals surface area contributed by atoms with Crippen LogP contribution in [0.1, 0.15) is 37.8 Å². The monoisotopic (exact) mass is 308 g/mol. The van der Waals surface area contributed by atoms with Crippen molar-refractivity contribution in [3.8, 4) is 0 Å². The van der Waals surface area contributed by atoms with Crippen LogP contribution in [0.5, 0.6) is 0 Å². The maximum absolute atomic E-state index is 4.70. The Morgan fingerprint density at radius 2 is 2.10 bits per heavy atom. The van der Waals surface area contributed by atoms with E-state index in [1.807, 2.05) is 12.3 Å². The number of hydrogen-bond donors (Lipinski definition) is 0. The Hall–Kier alpha value is -0.190. The highest BCUT2D eigenvalue weighted by Crippen LogP contribution is 2.53. The Morgan fingerprint density at radius 1 is 1.25 bits per heavy atom. The molecule has 1 atom stereocenters. The van der Waals surface area contributed by atoms with Crippen molar-refractivity contribution in [1.82, 2.24) is 9.88 Å². The van der Waals surface area contributed by atoms with Crippen LogP contribution in [-0.4, -0.2) is 41.0 Å². The van der Waals surface area contributed by atoms with E-state index >= 15 is 0 Å². The minimum Gasteiger partial charge on any atom is -0.303 e. The molecule has 0 amide bonds. The van der Waals surface area contributed by atoms with Gasteiger partial charge < -0.3 is 4.90 Å². The smallest absolute Gasteiger partial charge is 0.104 e. The van der Waals surface area contributed by atoms with E-state index in [0.29, 0.717) is 0 Å². The van der Waals surface area contributed by atoms with Gasteiger partial charge in [0.05, 0.1) is 5.69 Å². The highest BCUT2D eigenvalue weighted by molar-refractivity contribution is 8.18. The fourth-order valence-electron chi connectivity index (χ4n) is 3.25. The number of rotatable bonds is 3. The molecule has 0 aliphatic carbocycles. The van der Waals surface area contributed by atoms with Gasteiger partial charge >= 0.3 is 0 Å². The first-order chi connectivity index (χ1) is 9.80. The van der Waals surface area contributed by atoms with Crippen molar-refractivity contribution >= 4 is 23.5 Å². The SMILES string of the molecule is CN1CCCCC1CC1(c2ccccn2)SCCCS1. The van der Waals surface area contributed by atoms with Crippen molar-refractivity contribution in [2.75, 3.05) is 25.1 Å². The van der Waals surface area contributed by atoms with Gasteiger partial charge in [-0.3, -0.25) is 4.98 Å². The molecule has 2 nitrogen and oxygen atoms in total. The molecule has 4 heteroatoms. The van der Waals surface area contributed by atoms with E-state index in [0.717, 1.165) is 6.04 Å². The Labute approximate surface area is 131 Å². The molecule has 0 radical (unpaired) electrons. The molecule has 0 bridgehead atoms. The van der Waals surface area contributed by atoms with Gasteiger partial charge in [-0.2, -0.15) is 0 Å². The lowest BCUT2D eigenvalue weighted by atomic mass is 9.97. The standard InChI is InChI=1S/C16H24N2S2/c1-18-10-5-3-7-14(18)13-16(19-11-6-12-20-16)15-8-2-4-9-17-15/h2,4,8-9,14H,3,5-7,10-13H2,1H3. The van der Waals surface area contributed by atoms with Crippen LogP contribution < -0.4 is 0 Å². The summed E-state index contributed by atoms with van der Waals surface area (Å²) in [6.07, 6.45) is 8.65. The second-order valence-electron chi connectivity index (χ2n) is 5.85. The van der Waals surface area contributed by atoms with E-state index in [4.69, 9.17) is 4.98 Å². The van der Waals surface area contributed by atoms with E-state index in [-0.39, 0.29) is 4.08 Å². The average molecular weight is 309 g/mol. The van der Waals surface area contributed by atoms with Crippen molar-refractivity contribution in [3.63, 3.8) is 0 Å². The molecule has 0 spiro atoms. The normalized spacial score (nSPS) is 27.4. The quantitative estimate of drug-likeness (QED) is 0.839. The zero-order chi connectivity index (χ0) is 13.8. The van der Waals surface area contributed by atoms with Gasteiger partial charge in [-0.25, -0.2) is 0 Å². The third-order valence-electron chi connectivity index (χ3n) is 4.44. The topological polar surface area (TPSA) is 16.1 Å². The van der Waals surface area contributed by atoms with Crippen molar-refractivity contribution < 1.29 is 0 Å². The van der Waals surface area contributed by atoms with Gasteiger partial charge in [-0.1, -0.05) is 12.5 Å². The summed E-state index contributed by atoms with van der Waals surface area (Å²) >= 11 is 4.27.